The summed E-state index contributed by atoms with van der Waals surface area (Å²) in [5.74, 6) is 0.697. The highest BCUT2D eigenvalue weighted by Crippen LogP contribution is 2.27. The van der Waals surface area contributed by atoms with E-state index in [0.717, 1.165) is 41.0 Å². The van der Waals surface area contributed by atoms with Crippen LogP contribution in [0.2, 0.25) is 0 Å². The first-order valence-electron chi connectivity index (χ1n) is 11.0. The molecule has 1 aliphatic rings. The maximum Gasteiger partial charge on any atom is 0.223 e. The number of nitrogens with one attached hydrogen (secondary N) is 2. The Morgan fingerprint density at radius 1 is 0.871 bits per heavy atom. The largest absolute Gasteiger partial charge is 0.351 e. The van der Waals surface area contributed by atoms with Gasteiger partial charge in [0.2, 0.25) is 5.95 Å². The highest BCUT2D eigenvalue weighted by Gasteiger charge is 2.21. The Labute approximate surface area is 182 Å². The molecule has 0 amide bonds. The topological polar surface area (TPSA) is 67.1 Å². The molecule has 2 N–H and O–H groups in total. The van der Waals surface area contributed by atoms with Gasteiger partial charge in [-0.1, -0.05) is 30.3 Å². The Bertz CT molecular complexity index is 1180. The van der Waals surface area contributed by atoms with Gasteiger partial charge in [-0.3, -0.25) is 4.40 Å². The molecule has 0 unspecified atom stereocenters. The van der Waals surface area contributed by atoms with Crippen LogP contribution in [0, 0.1) is 6.92 Å². The number of benzene rings is 1. The number of nitrogens with zero attached hydrogens (tertiary/aromatic N) is 4. The van der Waals surface area contributed by atoms with Gasteiger partial charge in [0.25, 0.3) is 0 Å². The lowest BCUT2D eigenvalue weighted by molar-refractivity contribution is 0.370. The predicted molar refractivity (Wildman–Crippen MR) is 125 cm³/mol. The van der Waals surface area contributed by atoms with Gasteiger partial charge < -0.3 is 10.6 Å². The first-order valence-corrected chi connectivity index (χ1v) is 11.0. The zero-order chi connectivity index (χ0) is 21.2. The highest BCUT2D eigenvalue weighted by atomic mass is 15.1. The van der Waals surface area contributed by atoms with Crippen LogP contribution in [-0.4, -0.2) is 38.5 Å². The Morgan fingerprint density at radius 2 is 1.65 bits per heavy atom. The van der Waals surface area contributed by atoms with Crippen molar-refractivity contribution in [3.8, 4) is 22.5 Å². The summed E-state index contributed by atoms with van der Waals surface area (Å²) in [6, 6.07) is 15.6. The molecule has 0 spiro atoms. The van der Waals surface area contributed by atoms with E-state index in [1.807, 2.05) is 25.5 Å². The molecular formula is C25H28N6. The normalized spacial score (nSPS) is 18.9. The van der Waals surface area contributed by atoms with Crippen LogP contribution >= 0.6 is 0 Å². The van der Waals surface area contributed by atoms with E-state index in [1.54, 1.807) is 0 Å². The van der Waals surface area contributed by atoms with Gasteiger partial charge in [0.1, 0.15) is 5.65 Å². The molecule has 4 aromatic rings. The molecule has 6 nitrogen and oxygen atoms in total. The molecule has 1 aromatic carbocycles. The van der Waals surface area contributed by atoms with E-state index in [2.05, 4.69) is 74.5 Å². The number of rotatable bonds is 5. The zero-order valence-corrected chi connectivity index (χ0v) is 18.0. The molecule has 158 valence electrons. The van der Waals surface area contributed by atoms with Crippen molar-refractivity contribution in [1.82, 2.24) is 24.7 Å². The second-order valence-corrected chi connectivity index (χ2v) is 8.36. The van der Waals surface area contributed by atoms with E-state index in [0.29, 0.717) is 18.0 Å². The lowest BCUT2D eigenvalue weighted by Gasteiger charge is -2.28. The molecule has 5 rings (SSSR count). The van der Waals surface area contributed by atoms with Crippen LogP contribution in [0.1, 0.15) is 31.2 Å². The Hall–Kier alpha value is -3.25. The molecular weight excluding hydrogens is 384 g/mol. The van der Waals surface area contributed by atoms with Gasteiger partial charge in [0.05, 0.1) is 17.6 Å². The average Bonchev–Trinajstić information content (AvgIpc) is 3.24. The van der Waals surface area contributed by atoms with Gasteiger partial charge in [0.15, 0.2) is 0 Å². The van der Waals surface area contributed by atoms with Gasteiger partial charge in [-0.25, -0.2) is 15.0 Å². The van der Waals surface area contributed by atoms with E-state index in [9.17, 15) is 0 Å². The molecule has 1 aliphatic carbocycles. The molecule has 3 aromatic heterocycles. The average molecular weight is 413 g/mol. The Balaban J connectivity index is 1.46. The number of imidazole rings is 1. The van der Waals surface area contributed by atoms with E-state index in [1.165, 1.54) is 18.4 Å². The predicted octanol–water partition coefficient (Wildman–Crippen LogP) is 4.71. The number of fused-ring (bicyclic) bond motifs is 1. The smallest absolute Gasteiger partial charge is 0.223 e. The van der Waals surface area contributed by atoms with Crippen molar-refractivity contribution < 1.29 is 0 Å². The number of hydrogen-bond acceptors (Lipinski definition) is 5. The third-order valence-corrected chi connectivity index (χ3v) is 6.30. The first kappa shape index (κ1) is 19.7. The summed E-state index contributed by atoms with van der Waals surface area (Å²) in [7, 11) is 2.05. The Morgan fingerprint density at radius 3 is 2.42 bits per heavy atom. The van der Waals surface area contributed by atoms with Gasteiger partial charge in [-0.2, -0.15) is 0 Å². The van der Waals surface area contributed by atoms with Crippen LogP contribution in [0.15, 0.2) is 61.1 Å². The molecule has 0 aliphatic heterocycles. The second-order valence-electron chi connectivity index (χ2n) is 8.36. The van der Waals surface area contributed by atoms with E-state index in [4.69, 9.17) is 4.98 Å². The lowest BCUT2D eigenvalue weighted by Crippen LogP contribution is -2.35. The zero-order valence-electron chi connectivity index (χ0n) is 18.0. The lowest BCUT2D eigenvalue weighted by atomic mass is 9.91. The van der Waals surface area contributed by atoms with Crippen molar-refractivity contribution in [2.24, 2.45) is 0 Å². The standard InChI is InChI=1S/C25H28N6/c1-17-14-28-25(29-21-11-9-20(26-2)10-12-21)30-24(17)22-15-27-23-13-8-19(16-31(22)23)18-6-4-3-5-7-18/h3-8,13-16,20-21,26H,9-12H2,1-2H3,(H,28,29,30)/t20-,21-. The highest BCUT2D eigenvalue weighted by molar-refractivity contribution is 5.69. The molecule has 1 saturated carbocycles. The fourth-order valence-electron chi connectivity index (χ4n) is 4.44. The quantitative estimate of drug-likeness (QED) is 0.497. The minimum Gasteiger partial charge on any atom is -0.351 e. The van der Waals surface area contributed by atoms with Crippen molar-refractivity contribution in [1.29, 1.82) is 0 Å². The van der Waals surface area contributed by atoms with E-state index in [-0.39, 0.29) is 0 Å². The molecule has 0 bridgehead atoms. The van der Waals surface area contributed by atoms with Gasteiger partial charge in [-0.15, -0.1) is 0 Å². The minimum atomic E-state index is 0.423. The summed E-state index contributed by atoms with van der Waals surface area (Å²) in [4.78, 5) is 14.1. The van der Waals surface area contributed by atoms with Crippen molar-refractivity contribution in [2.75, 3.05) is 12.4 Å². The van der Waals surface area contributed by atoms with E-state index < -0.39 is 0 Å². The number of aromatic nitrogens is 4. The van der Waals surface area contributed by atoms with Crippen molar-refractivity contribution in [3.63, 3.8) is 0 Å². The molecule has 31 heavy (non-hydrogen) atoms. The molecule has 0 atom stereocenters. The van der Waals surface area contributed by atoms with Gasteiger partial charge in [-0.05, 0) is 68.5 Å². The Kier molecular flexibility index (Phi) is 5.38. The summed E-state index contributed by atoms with van der Waals surface area (Å²) < 4.78 is 2.12. The third-order valence-electron chi connectivity index (χ3n) is 6.30. The van der Waals surface area contributed by atoms with Crippen LogP contribution in [0.3, 0.4) is 0 Å². The maximum atomic E-state index is 4.90. The summed E-state index contributed by atoms with van der Waals surface area (Å²) >= 11 is 0. The minimum absolute atomic E-state index is 0.423. The fourth-order valence-corrected chi connectivity index (χ4v) is 4.44. The van der Waals surface area contributed by atoms with Crippen molar-refractivity contribution >= 4 is 11.6 Å². The van der Waals surface area contributed by atoms with Crippen LogP contribution in [0.4, 0.5) is 5.95 Å². The number of aryl methyl sites for hydroxylation is 1. The van der Waals surface area contributed by atoms with Crippen LogP contribution in [0.25, 0.3) is 28.2 Å². The number of anilines is 1. The molecule has 0 radical (unpaired) electrons. The van der Waals surface area contributed by atoms with E-state index >= 15 is 0 Å². The fraction of sp³-hybridized carbons (Fsp3) is 0.320. The van der Waals surface area contributed by atoms with Crippen molar-refractivity contribution in [2.45, 2.75) is 44.7 Å². The van der Waals surface area contributed by atoms with Crippen molar-refractivity contribution in [3.05, 3.63) is 66.6 Å². The summed E-state index contributed by atoms with van der Waals surface area (Å²) in [5.41, 5.74) is 6.18. The first-order chi connectivity index (χ1) is 15.2. The SMILES string of the molecule is CN[C@H]1CC[C@H](Nc2ncc(C)c(-c3cnc4ccc(-c5ccccc5)cn34)n2)CC1. The summed E-state index contributed by atoms with van der Waals surface area (Å²) in [6.45, 7) is 2.05. The molecule has 0 saturated heterocycles. The molecule has 6 heteroatoms. The maximum absolute atomic E-state index is 4.90. The van der Waals surface area contributed by atoms with Gasteiger partial charge >= 0.3 is 0 Å². The van der Waals surface area contributed by atoms with Crippen LogP contribution in [0.5, 0.6) is 0 Å². The number of pyridine rings is 1. The summed E-state index contributed by atoms with van der Waals surface area (Å²) in [6.07, 6.45) is 10.6. The molecule has 1 fully saturated rings. The van der Waals surface area contributed by atoms with Crippen LogP contribution in [-0.2, 0) is 0 Å². The second kappa shape index (κ2) is 8.47. The monoisotopic (exact) mass is 412 g/mol. The number of hydrogen-bond donors (Lipinski definition) is 2. The summed E-state index contributed by atoms with van der Waals surface area (Å²) in [5, 5.41) is 6.95. The van der Waals surface area contributed by atoms with Crippen LogP contribution < -0.4 is 10.6 Å². The van der Waals surface area contributed by atoms with Gasteiger partial charge in [0, 0.05) is 24.5 Å². The molecule has 3 heterocycles. The third kappa shape index (κ3) is 4.03.